The van der Waals surface area contributed by atoms with E-state index in [1.165, 1.54) is 0 Å². The van der Waals surface area contributed by atoms with Crippen molar-refractivity contribution in [1.82, 2.24) is 0 Å². The van der Waals surface area contributed by atoms with Crippen molar-refractivity contribution in [3.05, 3.63) is 10.6 Å². The first kappa shape index (κ1) is 10.4. The van der Waals surface area contributed by atoms with Crippen molar-refractivity contribution in [2.75, 3.05) is 0 Å². The van der Waals surface area contributed by atoms with Crippen LogP contribution in [-0.4, -0.2) is 0 Å². The zero-order valence-electron chi connectivity index (χ0n) is 8.07. The Kier molecular flexibility index (Phi) is 2.80. The van der Waals surface area contributed by atoms with E-state index < -0.39 is 0 Å². The van der Waals surface area contributed by atoms with Gasteiger partial charge in [0.25, 0.3) is 0 Å². The van der Waals surface area contributed by atoms with Gasteiger partial charge in [-0.3, -0.25) is 0 Å². The lowest BCUT2D eigenvalue weighted by molar-refractivity contribution is 0.451. The molecular weight excluding hydrogens is 191 g/mol. The van der Waals surface area contributed by atoms with Crippen molar-refractivity contribution < 1.29 is 0 Å². The zero-order valence-corrected chi connectivity index (χ0v) is 9.58. The molecule has 70 valence electrons. The van der Waals surface area contributed by atoms with Gasteiger partial charge in [-0.25, -0.2) is 0 Å². The molecular formula is C10H16Cl2. The Labute approximate surface area is 84.9 Å². The molecule has 2 heteroatoms. The van der Waals surface area contributed by atoms with Gasteiger partial charge in [0.2, 0.25) is 0 Å². The van der Waals surface area contributed by atoms with Crippen LogP contribution in [-0.2, 0) is 0 Å². The minimum atomic E-state index is 0.392. The first-order valence-corrected chi connectivity index (χ1v) is 5.15. The monoisotopic (exact) mass is 206 g/mol. The molecule has 1 saturated carbocycles. The van der Waals surface area contributed by atoms with Gasteiger partial charge >= 0.3 is 0 Å². The lowest BCUT2D eigenvalue weighted by atomic mass is 10.0. The van der Waals surface area contributed by atoms with E-state index in [9.17, 15) is 0 Å². The molecule has 1 aliphatic rings. The Morgan fingerprint density at radius 2 is 1.83 bits per heavy atom. The first-order valence-electron chi connectivity index (χ1n) is 4.40. The smallest absolute Gasteiger partial charge is 0.0712 e. The van der Waals surface area contributed by atoms with Crippen molar-refractivity contribution >= 4 is 23.2 Å². The third kappa shape index (κ3) is 1.80. The molecule has 2 atom stereocenters. The summed E-state index contributed by atoms with van der Waals surface area (Å²) in [6.07, 6.45) is 1.98. The highest BCUT2D eigenvalue weighted by molar-refractivity contribution is 6.55. The van der Waals surface area contributed by atoms with E-state index in [0.29, 0.717) is 21.7 Å². The largest absolute Gasteiger partial charge is 0.103 e. The second-order valence-corrected chi connectivity index (χ2v) is 5.58. The number of hydrogen-bond donors (Lipinski definition) is 0. The fourth-order valence-electron chi connectivity index (χ4n) is 2.45. The van der Waals surface area contributed by atoms with Crippen LogP contribution in [0.2, 0.25) is 0 Å². The number of rotatable bonds is 2. The van der Waals surface area contributed by atoms with E-state index in [1.807, 2.05) is 6.08 Å². The van der Waals surface area contributed by atoms with Gasteiger partial charge in [-0.2, -0.15) is 0 Å². The highest BCUT2D eigenvalue weighted by Gasteiger charge is 2.57. The minimum Gasteiger partial charge on any atom is -0.0712 e. The molecule has 0 aromatic carbocycles. The van der Waals surface area contributed by atoms with Crippen LogP contribution in [0.25, 0.3) is 0 Å². The molecule has 12 heavy (non-hydrogen) atoms. The summed E-state index contributed by atoms with van der Waals surface area (Å²) in [6.45, 7) is 9.05. The van der Waals surface area contributed by atoms with Crippen LogP contribution in [0, 0.1) is 23.2 Å². The van der Waals surface area contributed by atoms with E-state index in [2.05, 4.69) is 27.7 Å². The lowest BCUT2D eigenvalue weighted by Gasteiger charge is -2.04. The quantitative estimate of drug-likeness (QED) is 0.635. The molecule has 0 heterocycles. The predicted molar refractivity (Wildman–Crippen MR) is 55.4 cm³/mol. The van der Waals surface area contributed by atoms with Gasteiger partial charge in [0.15, 0.2) is 0 Å². The topological polar surface area (TPSA) is 0 Å². The number of hydrogen-bond acceptors (Lipinski definition) is 0. The Hall–Kier alpha value is 0.320. The third-order valence-corrected chi connectivity index (χ3v) is 3.27. The fourth-order valence-corrected chi connectivity index (χ4v) is 2.72. The molecule has 1 unspecified atom stereocenters. The summed E-state index contributed by atoms with van der Waals surface area (Å²) >= 11 is 11.3. The van der Waals surface area contributed by atoms with Crippen molar-refractivity contribution in [1.29, 1.82) is 0 Å². The summed E-state index contributed by atoms with van der Waals surface area (Å²) in [5.41, 5.74) is 0.392. The van der Waals surface area contributed by atoms with E-state index >= 15 is 0 Å². The summed E-state index contributed by atoms with van der Waals surface area (Å²) < 4.78 is 0.413. The SMILES string of the molecule is CC(C)C1[C@@H](C=C(Cl)Cl)C1(C)C. The zero-order chi connectivity index (χ0) is 9.52. The van der Waals surface area contributed by atoms with Crippen molar-refractivity contribution in [3.8, 4) is 0 Å². The van der Waals surface area contributed by atoms with Gasteiger partial charge in [0.1, 0.15) is 4.49 Å². The van der Waals surface area contributed by atoms with Crippen LogP contribution < -0.4 is 0 Å². The maximum absolute atomic E-state index is 5.64. The normalized spacial score (nSPS) is 31.9. The molecule has 0 aliphatic heterocycles. The summed E-state index contributed by atoms with van der Waals surface area (Å²) in [4.78, 5) is 0. The van der Waals surface area contributed by atoms with Gasteiger partial charge in [-0.1, -0.05) is 57.0 Å². The Morgan fingerprint density at radius 1 is 1.33 bits per heavy atom. The van der Waals surface area contributed by atoms with Gasteiger partial charge in [-0.15, -0.1) is 0 Å². The summed E-state index contributed by atoms with van der Waals surface area (Å²) in [7, 11) is 0. The summed E-state index contributed by atoms with van der Waals surface area (Å²) in [5.74, 6) is 2.03. The van der Waals surface area contributed by atoms with Crippen molar-refractivity contribution in [2.45, 2.75) is 27.7 Å². The molecule has 0 saturated heterocycles. The molecule has 0 bridgehead atoms. The molecule has 0 radical (unpaired) electrons. The number of allylic oxidation sites excluding steroid dienone is 1. The second-order valence-electron chi connectivity index (χ2n) is 4.57. The molecule has 0 N–H and O–H groups in total. The van der Waals surface area contributed by atoms with E-state index in [4.69, 9.17) is 23.2 Å². The molecule has 0 aromatic rings. The van der Waals surface area contributed by atoms with Crippen LogP contribution in [0.5, 0.6) is 0 Å². The van der Waals surface area contributed by atoms with E-state index in [0.717, 1.165) is 5.92 Å². The molecule has 0 aromatic heterocycles. The van der Waals surface area contributed by atoms with Gasteiger partial charge in [0.05, 0.1) is 0 Å². The highest BCUT2D eigenvalue weighted by Crippen LogP contribution is 2.62. The Morgan fingerprint density at radius 3 is 2.08 bits per heavy atom. The van der Waals surface area contributed by atoms with E-state index in [-0.39, 0.29) is 0 Å². The Balaban J connectivity index is 2.67. The average Bonchev–Trinajstić information content (AvgIpc) is 2.32. The van der Waals surface area contributed by atoms with Crippen molar-refractivity contribution in [2.24, 2.45) is 23.2 Å². The highest BCUT2D eigenvalue weighted by atomic mass is 35.5. The standard InChI is InChI=1S/C10H16Cl2/c1-6(2)9-7(5-8(11)12)10(9,3)4/h5-7,9H,1-4H3/t7-,9?/m1/s1. The van der Waals surface area contributed by atoms with Crippen LogP contribution >= 0.6 is 23.2 Å². The molecule has 1 aliphatic carbocycles. The Bertz CT molecular complexity index is 200. The van der Waals surface area contributed by atoms with E-state index in [1.54, 1.807) is 0 Å². The lowest BCUT2D eigenvalue weighted by Crippen LogP contribution is -1.96. The fraction of sp³-hybridized carbons (Fsp3) is 0.800. The van der Waals surface area contributed by atoms with Gasteiger partial charge in [-0.05, 0) is 23.2 Å². The second kappa shape index (κ2) is 3.23. The van der Waals surface area contributed by atoms with Gasteiger partial charge < -0.3 is 0 Å². The maximum atomic E-state index is 5.64. The predicted octanol–water partition coefficient (Wildman–Crippen LogP) is 4.23. The third-order valence-electron chi connectivity index (χ3n) is 3.02. The number of halogens is 2. The van der Waals surface area contributed by atoms with Crippen LogP contribution in [0.15, 0.2) is 10.6 Å². The molecule has 0 nitrogen and oxygen atoms in total. The molecule has 0 amide bonds. The maximum Gasteiger partial charge on any atom is 0.103 e. The summed E-state index contributed by atoms with van der Waals surface area (Å²) in [5, 5.41) is 0. The van der Waals surface area contributed by atoms with Crippen LogP contribution in [0.4, 0.5) is 0 Å². The van der Waals surface area contributed by atoms with Crippen molar-refractivity contribution in [3.63, 3.8) is 0 Å². The molecule has 1 rings (SSSR count). The molecule has 0 spiro atoms. The average molecular weight is 207 g/mol. The minimum absolute atomic E-state index is 0.392. The van der Waals surface area contributed by atoms with Crippen LogP contribution in [0.3, 0.4) is 0 Å². The first-order chi connectivity index (χ1) is 5.37. The summed E-state index contributed by atoms with van der Waals surface area (Å²) in [6, 6.07) is 0. The molecule has 1 fully saturated rings. The van der Waals surface area contributed by atoms with Gasteiger partial charge in [0, 0.05) is 0 Å². The van der Waals surface area contributed by atoms with Crippen LogP contribution in [0.1, 0.15) is 27.7 Å².